The number of benzene rings is 1. The van der Waals surface area contributed by atoms with Gasteiger partial charge in [-0.1, -0.05) is 13.8 Å². The minimum atomic E-state index is -0.420. The molecule has 0 bridgehead atoms. The van der Waals surface area contributed by atoms with Gasteiger partial charge in [-0.3, -0.25) is 10.1 Å². The standard InChI is InChI=1S/C15H24N2O4/c1-4-7-16-11-12-9-13(17(18)19)15(21-8-5-2)14(10-12)20-6-3/h9-10,16H,4-8,11H2,1-3H3. The lowest BCUT2D eigenvalue weighted by Gasteiger charge is -2.14. The quantitative estimate of drug-likeness (QED) is 0.407. The molecule has 0 saturated heterocycles. The number of hydrogen-bond donors (Lipinski definition) is 1. The van der Waals surface area contributed by atoms with Gasteiger partial charge in [0.25, 0.3) is 0 Å². The molecular weight excluding hydrogens is 272 g/mol. The van der Waals surface area contributed by atoms with E-state index in [0.717, 1.165) is 24.9 Å². The van der Waals surface area contributed by atoms with Crippen molar-refractivity contribution in [3.05, 3.63) is 27.8 Å². The van der Waals surface area contributed by atoms with Crippen molar-refractivity contribution in [3.63, 3.8) is 0 Å². The maximum absolute atomic E-state index is 11.3. The van der Waals surface area contributed by atoms with Crippen molar-refractivity contribution in [2.45, 2.75) is 40.2 Å². The predicted octanol–water partition coefficient (Wildman–Crippen LogP) is 3.28. The highest BCUT2D eigenvalue weighted by molar-refractivity contribution is 5.58. The van der Waals surface area contributed by atoms with Crippen LogP contribution in [0.5, 0.6) is 11.5 Å². The Morgan fingerprint density at radius 2 is 1.95 bits per heavy atom. The molecular formula is C15H24N2O4. The second-order valence-corrected chi connectivity index (χ2v) is 4.66. The summed E-state index contributed by atoms with van der Waals surface area (Å²) in [6.07, 6.45) is 1.79. The van der Waals surface area contributed by atoms with E-state index in [1.165, 1.54) is 0 Å². The summed E-state index contributed by atoms with van der Waals surface area (Å²) in [5.41, 5.74) is 0.783. The molecule has 0 aromatic heterocycles. The van der Waals surface area contributed by atoms with Crippen LogP contribution in [-0.2, 0) is 6.54 Å². The SMILES string of the molecule is CCCNCc1cc(OCC)c(OCCC)c([N+](=O)[O-])c1. The molecule has 1 aromatic rings. The van der Waals surface area contributed by atoms with Crippen LogP contribution in [-0.4, -0.2) is 24.7 Å². The van der Waals surface area contributed by atoms with Crippen LogP contribution in [0.15, 0.2) is 12.1 Å². The van der Waals surface area contributed by atoms with Crippen LogP contribution in [0.25, 0.3) is 0 Å². The number of ether oxygens (including phenoxy) is 2. The molecule has 0 saturated carbocycles. The Balaban J connectivity index is 3.11. The fraction of sp³-hybridized carbons (Fsp3) is 0.600. The zero-order valence-electron chi connectivity index (χ0n) is 13.0. The summed E-state index contributed by atoms with van der Waals surface area (Å²) in [6.45, 7) is 8.17. The Labute approximate surface area is 125 Å². The molecule has 0 aliphatic rings. The average Bonchev–Trinajstić information content (AvgIpc) is 2.46. The third kappa shape index (κ3) is 5.23. The van der Waals surface area contributed by atoms with Crippen LogP contribution >= 0.6 is 0 Å². The van der Waals surface area contributed by atoms with Gasteiger partial charge in [-0.05, 0) is 37.9 Å². The van der Waals surface area contributed by atoms with E-state index in [1.807, 2.05) is 19.9 Å². The molecule has 0 heterocycles. The Morgan fingerprint density at radius 1 is 1.19 bits per heavy atom. The van der Waals surface area contributed by atoms with E-state index >= 15 is 0 Å². The van der Waals surface area contributed by atoms with Gasteiger partial charge in [0.2, 0.25) is 5.75 Å². The largest absolute Gasteiger partial charge is 0.490 e. The van der Waals surface area contributed by atoms with Gasteiger partial charge < -0.3 is 14.8 Å². The van der Waals surface area contributed by atoms with Crippen molar-refractivity contribution in [2.75, 3.05) is 19.8 Å². The normalized spacial score (nSPS) is 10.4. The van der Waals surface area contributed by atoms with E-state index < -0.39 is 4.92 Å². The highest BCUT2D eigenvalue weighted by Gasteiger charge is 2.22. The first-order valence-electron chi connectivity index (χ1n) is 7.41. The summed E-state index contributed by atoms with van der Waals surface area (Å²) in [4.78, 5) is 10.9. The molecule has 0 aliphatic heterocycles. The summed E-state index contributed by atoms with van der Waals surface area (Å²) < 4.78 is 11.0. The fourth-order valence-corrected chi connectivity index (χ4v) is 1.90. The number of nitrogens with one attached hydrogen (secondary N) is 1. The van der Waals surface area contributed by atoms with Crippen LogP contribution in [0.1, 0.15) is 39.2 Å². The Morgan fingerprint density at radius 3 is 2.52 bits per heavy atom. The lowest BCUT2D eigenvalue weighted by molar-refractivity contribution is -0.386. The van der Waals surface area contributed by atoms with E-state index in [9.17, 15) is 10.1 Å². The van der Waals surface area contributed by atoms with Gasteiger partial charge in [-0.2, -0.15) is 0 Å². The van der Waals surface area contributed by atoms with E-state index in [2.05, 4.69) is 12.2 Å². The number of hydrogen-bond acceptors (Lipinski definition) is 5. The van der Waals surface area contributed by atoms with E-state index in [-0.39, 0.29) is 11.4 Å². The van der Waals surface area contributed by atoms with Gasteiger partial charge >= 0.3 is 5.69 Å². The van der Waals surface area contributed by atoms with Crippen LogP contribution < -0.4 is 14.8 Å². The Hall–Kier alpha value is -1.82. The van der Waals surface area contributed by atoms with E-state index in [0.29, 0.717) is 25.5 Å². The van der Waals surface area contributed by atoms with E-state index in [1.54, 1.807) is 6.07 Å². The Bertz CT molecular complexity index is 463. The van der Waals surface area contributed by atoms with Crippen molar-refractivity contribution in [2.24, 2.45) is 0 Å². The maximum atomic E-state index is 11.3. The maximum Gasteiger partial charge on any atom is 0.315 e. The molecule has 0 aliphatic carbocycles. The van der Waals surface area contributed by atoms with Gasteiger partial charge in [-0.15, -0.1) is 0 Å². The molecule has 0 unspecified atom stereocenters. The zero-order valence-corrected chi connectivity index (χ0v) is 13.0. The predicted molar refractivity (Wildman–Crippen MR) is 82.0 cm³/mol. The monoisotopic (exact) mass is 296 g/mol. The Kier molecular flexibility index (Phi) is 7.53. The smallest absolute Gasteiger partial charge is 0.315 e. The lowest BCUT2D eigenvalue weighted by atomic mass is 10.1. The van der Waals surface area contributed by atoms with E-state index in [4.69, 9.17) is 9.47 Å². The first-order valence-corrected chi connectivity index (χ1v) is 7.41. The molecule has 21 heavy (non-hydrogen) atoms. The summed E-state index contributed by atoms with van der Waals surface area (Å²) in [7, 11) is 0. The number of rotatable bonds is 10. The molecule has 1 aromatic carbocycles. The molecule has 118 valence electrons. The summed E-state index contributed by atoms with van der Waals surface area (Å²) in [5.74, 6) is 0.663. The third-order valence-corrected chi connectivity index (χ3v) is 2.80. The number of nitrogens with zero attached hydrogens (tertiary/aromatic N) is 1. The lowest BCUT2D eigenvalue weighted by Crippen LogP contribution is -2.14. The van der Waals surface area contributed by atoms with Crippen LogP contribution in [0, 0.1) is 10.1 Å². The zero-order chi connectivity index (χ0) is 15.7. The van der Waals surface area contributed by atoms with Gasteiger partial charge in [0.1, 0.15) is 0 Å². The number of nitro benzene ring substituents is 1. The van der Waals surface area contributed by atoms with Crippen molar-refractivity contribution < 1.29 is 14.4 Å². The van der Waals surface area contributed by atoms with Crippen LogP contribution in [0.3, 0.4) is 0 Å². The molecule has 0 spiro atoms. The first-order chi connectivity index (χ1) is 10.1. The van der Waals surface area contributed by atoms with Crippen molar-refractivity contribution in [3.8, 4) is 11.5 Å². The molecule has 0 atom stereocenters. The van der Waals surface area contributed by atoms with Gasteiger partial charge in [0.15, 0.2) is 5.75 Å². The van der Waals surface area contributed by atoms with Gasteiger partial charge in [-0.25, -0.2) is 0 Å². The van der Waals surface area contributed by atoms with Crippen molar-refractivity contribution in [1.82, 2.24) is 5.32 Å². The molecule has 0 fully saturated rings. The molecule has 0 radical (unpaired) electrons. The number of nitro groups is 1. The minimum absolute atomic E-state index is 0.0392. The molecule has 6 heteroatoms. The second-order valence-electron chi connectivity index (χ2n) is 4.66. The summed E-state index contributed by atoms with van der Waals surface area (Å²) in [6, 6.07) is 3.36. The van der Waals surface area contributed by atoms with Crippen LogP contribution in [0.4, 0.5) is 5.69 Å². The summed E-state index contributed by atoms with van der Waals surface area (Å²) in [5, 5.41) is 14.5. The van der Waals surface area contributed by atoms with Gasteiger partial charge in [0.05, 0.1) is 18.1 Å². The first kappa shape index (κ1) is 17.2. The molecule has 1 rings (SSSR count). The third-order valence-electron chi connectivity index (χ3n) is 2.80. The van der Waals surface area contributed by atoms with Crippen molar-refractivity contribution >= 4 is 5.69 Å². The topological polar surface area (TPSA) is 73.6 Å². The summed E-state index contributed by atoms with van der Waals surface area (Å²) >= 11 is 0. The van der Waals surface area contributed by atoms with Crippen molar-refractivity contribution in [1.29, 1.82) is 0 Å². The molecule has 1 N–H and O–H groups in total. The second kappa shape index (κ2) is 9.18. The molecule has 6 nitrogen and oxygen atoms in total. The van der Waals surface area contributed by atoms with Gasteiger partial charge in [0, 0.05) is 12.6 Å². The fourth-order valence-electron chi connectivity index (χ4n) is 1.90. The average molecular weight is 296 g/mol. The minimum Gasteiger partial charge on any atom is -0.490 e. The van der Waals surface area contributed by atoms with Crippen LogP contribution in [0.2, 0.25) is 0 Å². The highest BCUT2D eigenvalue weighted by atomic mass is 16.6. The molecule has 0 amide bonds. The highest BCUT2D eigenvalue weighted by Crippen LogP contribution is 2.38.